The molecule has 1 heterocycles. The largest absolute Gasteiger partial charge is 0.350 e. The number of benzene rings is 2. The lowest BCUT2D eigenvalue weighted by Gasteiger charge is -2.10. The van der Waals surface area contributed by atoms with Gasteiger partial charge in [0.25, 0.3) is 5.91 Å². The van der Waals surface area contributed by atoms with E-state index < -0.39 is 11.3 Å². The number of pyridine rings is 1. The van der Waals surface area contributed by atoms with Gasteiger partial charge in [0.05, 0.1) is 5.52 Å². The van der Waals surface area contributed by atoms with Gasteiger partial charge in [-0.05, 0) is 37.3 Å². The summed E-state index contributed by atoms with van der Waals surface area (Å²) in [6, 6.07) is 11.5. The second kappa shape index (κ2) is 6.53. The number of aromatic nitrogens is 1. The van der Waals surface area contributed by atoms with Crippen molar-refractivity contribution in [2.75, 3.05) is 5.32 Å². The Balaban J connectivity index is 2.03. The lowest BCUT2D eigenvalue weighted by Crippen LogP contribution is -2.23. The Kier molecular flexibility index (Phi) is 4.42. The van der Waals surface area contributed by atoms with Crippen molar-refractivity contribution in [1.29, 1.82) is 0 Å². The molecule has 0 fully saturated rings. The maximum atomic E-state index is 12.7. The first-order chi connectivity index (χ1) is 11.9. The fraction of sp³-hybridized carbons (Fsp3) is 0.105. The standard InChI is InChI=1S/C19H15ClN2O3/c1-11(23)12-4-3-5-14(8-12)21-19(25)16-10-22(2)17-7-6-13(20)9-15(17)18(16)24/h3-10H,1-2H3,(H,21,25). The Labute approximate surface area is 148 Å². The summed E-state index contributed by atoms with van der Waals surface area (Å²) >= 11 is 5.97. The SMILES string of the molecule is CC(=O)c1cccc(NC(=O)c2cn(C)c3ccc(Cl)cc3c2=O)c1. The van der Waals surface area contributed by atoms with Gasteiger partial charge < -0.3 is 9.88 Å². The van der Waals surface area contributed by atoms with Gasteiger partial charge in [-0.3, -0.25) is 14.4 Å². The number of halogens is 1. The molecule has 0 saturated carbocycles. The number of hydrogen-bond acceptors (Lipinski definition) is 3. The number of amides is 1. The Hall–Kier alpha value is -2.92. The molecule has 0 radical (unpaired) electrons. The summed E-state index contributed by atoms with van der Waals surface area (Å²) in [6.07, 6.45) is 1.49. The third-order valence-electron chi connectivity index (χ3n) is 3.92. The van der Waals surface area contributed by atoms with Gasteiger partial charge in [0.15, 0.2) is 5.78 Å². The van der Waals surface area contributed by atoms with Gasteiger partial charge in [0, 0.05) is 34.9 Å². The Morgan fingerprint density at radius 2 is 1.88 bits per heavy atom. The van der Waals surface area contributed by atoms with Crippen molar-refractivity contribution in [3.8, 4) is 0 Å². The molecule has 2 aromatic carbocycles. The smallest absolute Gasteiger partial charge is 0.261 e. The summed E-state index contributed by atoms with van der Waals surface area (Å²) in [5, 5.41) is 3.47. The van der Waals surface area contributed by atoms with Crippen LogP contribution in [0.4, 0.5) is 5.69 Å². The van der Waals surface area contributed by atoms with E-state index in [0.29, 0.717) is 27.2 Å². The number of aryl methyl sites for hydroxylation is 1. The van der Waals surface area contributed by atoms with E-state index in [-0.39, 0.29) is 11.3 Å². The van der Waals surface area contributed by atoms with Crippen LogP contribution in [0.2, 0.25) is 5.02 Å². The predicted octanol–water partition coefficient (Wildman–Crippen LogP) is 3.65. The van der Waals surface area contributed by atoms with Crippen LogP contribution in [-0.2, 0) is 7.05 Å². The minimum absolute atomic E-state index is 0.00509. The highest BCUT2D eigenvalue weighted by Gasteiger charge is 2.15. The van der Waals surface area contributed by atoms with Crippen molar-refractivity contribution in [1.82, 2.24) is 4.57 Å². The van der Waals surface area contributed by atoms with Crippen LogP contribution in [0, 0.1) is 0 Å². The van der Waals surface area contributed by atoms with Crippen molar-refractivity contribution in [3.05, 3.63) is 75.0 Å². The molecule has 0 unspecified atom stereocenters. The molecule has 0 atom stereocenters. The van der Waals surface area contributed by atoms with Crippen molar-refractivity contribution >= 4 is 39.9 Å². The second-order valence-corrected chi connectivity index (χ2v) is 6.17. The van der Waals surface area contributed by atoms with Crippen molar-refractivity contribution < 1.29 is 9.59 Å². The molecule has 1 N–H and O–H groups in total. The monoisotopic (exact) mass is 354 g/mol. The maximum Gasteiger partial charge on any atom is 0.261 e. The van der Waals surface area contributed by atoms with Crippen LogP contribution in [-0.4, -0.2) is 16.3 Å². The molecule has 5 nitrogen and oxygen atoms in total. The number of nitrogens with one attached hydrogen (secondary N) is 1. The Morgan fingerprint density at radius 3 is 2.60 bits per heavy atom. The number of fused-ring (bicyclic) bond motifs is 1. The maximum absolute atomic E-state index is 12.7. The van der Waals surface area contributed by atoms with Gasteiger partial charge in [-0.2, -0.15) is 0 Å². The summed E-state index contributed by atoms with van der Waals surface area (Å²) in [7, 11) is 1.75. The van der Waals surface area contributed by atoms with Gasteiger partial charge in [-0.15, -0.1) is 0 Å². The highest BCUT2D eigenvalue weighted by molar-refractivity contribution is 6.31. The van der Waals surface area contributed by atoms with E-state index in [4.69, 9.17) is 11.6 Å². The first-order valence-electron chi connectivity index (χ1n) is 7.58. The normalized spacial score (nSPS) is 10.7. The number of nitrogens with zero attached hydrogens (tertiary/aromatic N) is 1. The summed E-state index contributed by atoms with van der Waals surface area (Å²) in [5.74, 6) is -0.643. The second-order valence-electron chi connectivity index (χ2n) is 5.74. The fourth-order valence-electron chi connectivity index (χ4n) is 2.64. The molecule has 0 bridgehead atoms. The Morgan fingerprint density at radius 1 is 1.12 bits per heavy atom. The summed E-state index contributed by atoms with van der Waals surface area (Å²) < 4.78 is 1.70. The number of rotatable bonds is 3. The molecule has 3 aromatic rings. The summed E-state index contributed by atoms with van der Waals surface area (Å²) in [5.41, 5.74) is 1.23. The highest BCUT2D eigenvalue weighted by atomic mass is 35.5. The van der Waals surface area contributed by atoms with Crippen LogP contribution in [0.15, 0.2) is 53.5 Å². The van der Waals surface area contributed by atoms with E-state index in [9.17, 15) is 14.4 Å². The third-order valence-corrected chi connectivity index (χ3v) is 4.16. The van der Waals surface area contributed by atoms with E-state index >= 15 is 0 Å². The molecule has 6 heteroatoms. The molecule has 0 aliphatic rings. The minimum atomic E-state index is -0.539. The molecule has 0 saturated heterocycles. The molecule has 0 aliphatic carbocycles. The molecule has 3 rings (SSSR count). The van der Waals surface area contributed by atoms with Crippen LogP contribution in [0.25, 0.3) is 10.9 Å². The first kappa shape index (κ1) is 16.9. The average Bonchev–Trinajstić information content (AvgIpc) is 2.58. The lowest BCUT2D eigenvalue weighted by atomic mass is 10.1. The van der Waals surface area contributed by atoms with Gasteiger partial charge in [0.2, 0.25) is 5.43 Å². The molecule has 1 aromatic heterocycles. The Bertz CT molecular complexity index is 1070. The zero-order valence-electron chi connectivity index (χ0n) is 13.7. The first-order valence-corrected chi connectivity index (χ1v) is 7.96. The topological polar surface area (TPSA) is 68.2 Å². The van der Waals surface area contributed by atoms with Gasteiger partial charge in [-0.25, -0.2) is 0 Å². The van der Waals surface area contributed by atoms with Gasteiger partial charge in [-0.1, -0.05) is 23.7 Å². The summed E-state index contributed by atoms with van der Waals surface area (Å²) in [4.78, 5) is 36.7. The molecular weight excluding hydrogens is 340 g/mol. The third kappa shape index (κ3) is 3.32. The van der Waals surface area contributed by atoms with Crippen molar-refractivity contribution in [2.24, 2.45) is 7.05 Å². The highest BCUT2D eigenvalue weighted by Crippen LogP contribution is 2.18. The van der Waals surface area contributed by atoms with Gasteiger partial charge >= 0.3 is 0 Å². The number of carbonyl (C=O) groups excluding carboxylic acids is 2. The molecule has 126 valence electrons. The van der Waals surface area contributed by atoms with Crippen molar-refractivity contribution in [2.45, 2.75) is 6.92 Å². The molecular formula is C19H15ClN2O3. The van der Waals surface area contributed by atoms with E-state index in [1.54, 1.807) is 54.1 Å². The van der Waals surface area contributed by atoms with Crippen LogP contribution in [0.1, 0.15) is 27.6 Å². The molecule has 0 spiro atoms. The van der Waals surface area contributed by atoms with Crippen LogP contribution in [0.5, 0.6) is 0 Å². The average molecular weight is 355 g/mol. The predicted molar refractivity (Wildman–Crippen MR) is 98.6 cm³/mol. The van der Waals surface area contributed by atoms with E-state index in [1.165, 1.54) is 13.1 Å². The number of anilines is 1. The number of Topliss-reactive ketones (excluding diaryl/α,β-unsaturated/α-hetero) is 1. The zero-order valence-corrected chi connectivity index (χ0v) is 14.4. The lowest BCUT2D eigenvalue weighted by molar-refractivity contribution is 0.101. The molecule has 25 heavy (non-hydrogen) atoms. The molecule has 0 aliphatic heterocycles. The van der Waals surface area contributed by atoms with Crippen LogP contribution < -0.4 is 10.7 Å². The van der Waals surface area contributed by atoms with Crippen LogP contribution in [0.3, 0.4) is 0 Å². The fourth-order valence-corrected chi connectivity index (χ4v) is 2.81. The number of hydrogen-bond donors (Lipinski definition) is 1. The van der Waals surface area contributed by atoms with Crippen molar-refractivity contribution in [3.63, 3.8) is 0 Å². The number of carbonyl (C=O) groups is 2. The van der Waals surface area contributed by atoms with Gasteiger partial charge in [0.1, 0.15) is 5.56 Å². The quantitative estimate of drug-likeness (QED) is 0.730. The van der Waals surface area contributed by atoms with E-state index in [0.717, 1.165) is 0 Å². The summed E-state index contributed by atoms with van der Waals surface area (Å²) in [6.45, 7) is 1.45. The molecule has 1 amide bonds. The van der Waals surface area contributed by atoms with Crippen LogP contribution >= 0.6 is 11.6 Å². The van der Waals surface area contributed by atoms with E-state index in [1.807, 2.05) is 0 Å². The van der Waals surface area contributed by atoms with E-state index in [2.05, 4.69) is 5.32 Å². The zero-order chi connectivity index (χ0) is 18.1. The minimum Gasteiger partial charge on any atom is -0.350 e. The number of ketones is 1.